The molecule has 1 atom stereocenters. The minimum atomic E-state index is 0.222. The van der Waals surface area contributed by atoms with Gasteiger partial charge in [0.2, 0.25) is 0 Å². The van der Waals surface area contributed by atoms with Crippen LogP contribution in [0.15, 0.2) is 24.3 Å². The largest absolute Gasteiger partial charge is 0.504 e. The molecule has 1 N–H and O–H groups in total. The van der Waals surface area contributed by atoms with Crippen molar-refractivity contribution in [2.75, 3.05) is 20.8 Å². The van der Waals surface area contributed by atoms with Crippen LogP contribution in [0.5, 0.6) is 17.2 Å². The topological polar surface area (TPSA) is 41.9 Å². The molecule has 2 aliphatic heterocycles. The van der Waals surface area contributed by atoms with Crippen molar-refractivity contribution in [3.8, 4) is 17.2 Å². The molecule has 4 heteroatoms. The standard InChI is InChI=1S/C20H23NO3/c1-12-4-5-19(23-2)15-9-17-14-10-18(22)20(24-3)8-13(14)6-7-21(17)11-16(12)15/h4-5,8,10,17,22H,6-7,9,11H2,1-3H3/t17-/m0/s1. The van der Waals surface area contributed by atoms with E-state index in [0.717, 1.165) is 31.7 Å². The maximum absolute atomic E-state index is 10.2. The Labute approximate surface area is 142 Å². The van der Waals surface area contributed by atoms with Crippen molar-refractivity contribution in [2.24, 2.45) is 0 Å². The van der Waals surface area contributed by atoms with Gasteiger partial charge in [-0.25, -0.2) is 0 Å². The lowest BCUT2D eigenvalue weighted by Crippen LogP contribution is -2.39. The van der Waals surface area contributed by atoms with Crippen LogP contribution in [0.25, 0.3) is 0 Å². The fourth-order valence-electron chi connectivity index (χ4n) is 4.18. The van der Waals surface area contributed by atoms with Crippen LogP contribution >= 0.6 is 0 Å². The molecule has 4 nitrogen and oxygen atoms in total. The minimum absolute atomic E-state index is 0.222. The van der Waals surface area contributed by atoms with Gasteiger partial charge in [-0.15, -0.1) is 0 Å². The van der Waals surface area contributed by atoms with Crippen molar-refractivity contribution in [2.45, 2.75) is 32.4 Å². The van der Waals surface area contributed by atoms with Gasteiger partial charge < -0.3 is 14.6 Å². The van der Waals surface area contributed by atoms with E-state index in [4.69, 9.17) is 9.47 Å². The Bertz CT molecular complexity index is 800. The molecular formula is C20H23NO3. The zero-order valence-corrected chi connectivity index (χ0v) is 14.4. The Kier molecular flexibility index (Phi) is 3.65. The number of phenolic OH excluding ortho intramolecular Hbond substituents is 1. The zero-order valence-electron chi connectivity index (χ0n) is 14.4. The van der Waals surface area contributed by atoms with Gasteiger partial charge in [-0.3, -0.25) is 4.90 Å². The quantitative estimate of drug-likeness (QED) is 0.919. The highest BCUT2D eigenvalue weighted by molar-refractivity contribution is 5.52. The Morgan fingerprint density at radius 2 is 1.88 bits per heavy atom. The first-order valence-corrected chi connectivity index (χ1v) is 8.41. The number of nitrogens with zero attached hydrogens (tertiary/aromatic N) is 1. The van der Waals surface area contributed by atoms with E-state index in [-0.39, 0.29) is 11.8 Å². The van der Waals surface area contributed by atoms with Gasteiger partial charge in [0.25, 0.3) is 0 Å². The SMILES string of the molecule is COc1cc2c(cc1O)[C@@H]1Cc3c(OC)ccc(C)c3CN1CC2. The van der Waals surface area contributed by atoms with Crippen molar-refractivity contribution in [1.82, 2.24) is 4.90 Å². The molecule has 0 saturated heterocycles. The zero-order chi connectivity index (χ0) is 16.8. The smallest absolute Gasteiger partial charge is 0.160 e. The first kappa shape index (κ1) is 15.3. The van der Waals surface area contributed by atoms with Gasteiger partial charge in [0.15, 0.2) is 11.5 Å². The van der Waals surface area contributed by atoms with E-state index in [9.17, 15) is 5.11 Å². The number of fused-ring (bicyclic) bond motifs is 4. The summed E-state index contributed by atoms with van der Waals surface area (Å²) >= 11 is 0. The third-order valence-electron chi connectivity index (χ3n) is 5.51. The van der Waals surface area contributed by atoms with E-state index < -0.39 is 0 Å². The molecule has 2 aromatic rings. The number of aryl methyl sites for hydroxylation is 1. The summed E-state index contributed by atoms with van der Waals surface area (Å²) in [5.41, 5.74) is 6.52. The van der Waals surface area contributed by atoms with Crippen LogP contribution < -0.4 is 9.47 Å². The molecule has 0 aliphatic carbocycles. The Morgan fingerprint density at radius 1 is 1.08 bits per heavy atom. The van der Waals surface area contributed by atoms with Gasteiger partial charge in [0.1, 0.15) is 5.75 Å². The van der Waals surface area contributed by atoms with Gasteiger partial charge in [-0.2, -0.15) is 0 Å². The van der Waals surface area contributed by atoms with Crippen LogP contribution in [0.2, 0.25) is 0 Å². The van der Waals surface area contributed by atoms with Crippen LogP contribution in [-0.2, 0) is 19.4 Å². The summed E-state index contributed by atoms with van der Waals surface area (Å²) in [4.78, 5) is 2.52. The first-order chi connectivity index (χ1) is 11.6. The van der Waals surface area contributed by atoms with Gasteiger partial charge in [0.05, 0.1) is 14.2 Å². The second-order valence-corrected chi connectivity index (χ2v) is 6.71. The Balaban J connectivity index is 1.80. The average Bonchev–Trinajstić information content (AvgIpc) is 2.60. The van der Waals surface area contributed by atoms with Crippen molar-refractivity contribution in [3.05, 3.63) is 52.1 Å². The summed E-state index contributed by atoms with van der Waals surface area (Å²) < 4.78 is 10.9. The molecule has 2 aliphatic rings. The molecule has 4 rings (SSSR count). The molecule has 0 amide bonds. The molecule has 0 aromatic heterocycles. The molecule has 2 aromatic carbocycles. The summed E-state index contributed by atoms with van der Waals surface area (Å²) in [5.74, 6) is 1.76. The summed E-state index contributed by atoms with van der Waals surface area (Å²) in [6.45, 7) is 4.14. The lowest BCUT2D eigenvalue weighted by atomic mass is 9.82. The molecule has 0 radical (unpaired) electrons. The number of hydrogen-bond donors (Lipinski definition) is 1. The number of hydrogen-bond acceptors (Lipinski definition) is 4. The lowest BCUT2D eigenvalue weighted by Gasteiger charge is -2.42. The van der Waals surface area contributed by atoms with E-state index >= 15 is 0 Å². The molecule has 0 bridgehead atoms. The maximum Gasteiger partial charge on any atom is 0.160 e. The lowest BCUT2D eigenvalue weighted by molar-refractivity contribution is 0.158. The van der Waals surface area contributed by atoms with Crippen LogP contribution in [0.3, 0.4) is 0 Å². The first-order valence-electron chi connectivity index (χ1n) is 8.41. The monoisotopic (exact) mass is 325 g/mol. The Morgan fingerprint density at radius 3 is 2.62 bits per heavy atom. The predicted octanol–water partition coefficient (Wildman–Crippen LogP) is 3.37. The van der Waals surface area contributed by atoms with E-state index in [1.165, 1.54) is 27.8 Å². The fourth-order valence-corrected chi connectivity index (χ4v) is 4.18. The van der Waals surface area contributed by atoms with Crippen molar-refractivity contribution in [3.63, 3.8) is 0 Å². The van der Waals surface area contributed by atoms with Gasteiger partial charge in [0, 0.05) is 24.7 Å². The van der Waals surface area contributed by atoms with E-state index in [2.05, 4.69) is 24.0 Å². The van der Waals surface area contributed by atoms with Crippen molar-refractivity contribution in [1.29, 1.82) is 0 Å². The molecule has 126 valence electrons. The van der Waals surface area contributed by atoms with E-state index in [1.54, 1.807) is 14.2 Å². The number of phenols is 1. The molecule has 0 fully saturated rings. The van der Waals surface area contributed by atoms with Gasteiger partial charge in [-0.1, -0.05) is 6.07 Å². The van der Waals surface area contributed by atoms with Crippen LogP contribution in [0, 0.1) is 6.92 Å². The average molecular weight is 325 g/mol. The molecule has 0 spiro atoms. The predicted molar refractivity (Wildman–Crippen MR) is 92.9 cm³/mol. The summed E-state index contributed by atoms with van der Waals surface area (Å²) in [5, 5.41) is 10.2. The van der Waals surface area contributed by atoms with E-state index in [1.807, 2.05) is 12.1 Å². The molecule has 24 heavy (non-hydrogen) atoms. The van der Waals surface area contributed by atoms with Crippen LogP contribution in [-0.4, -0.2) is 30.8 Å². The Hall–Kier alpha value is -2.20. The number of benzene rings is 2. The minimum Gasteiger partial charge on any atom is -0.504 e. The normalized spacial score (nSPS) is 19.2. The fraction of sp³-hybridized carbons (Fsp3) is 0.400. The van der Waals surface area contributed by atoms with Crippen molar-refractivity contribution < 1.29 is 14.6 Å². The number of methoxy groups -OCH3 is 2. The van der Waals surface area contributed by atoms with Crippen molar-refractivity contribution >= 4 is 0 Å². The van der Waals surface area contributed by atoms with E-state index in [0.29, 0.717) is 5.75 Å². The second-order valence-electron chi connectivity index (χ2n) is 6.71. The second kappa shape index (κ2) is 5.71. The van der Waals surface area contributed by atoms with Crippen LogP contribution in [0.1, 0.15) is 33.9 Å². The number of ether oxygens (including phenoxy) is 2. The maximum atomic E-state index is 10.2. The summed E-state index contributed by atoms with van der Waals surface area (Å²) in [7, 11) is 3.34. The highest BCUT2D eigenvalue weighted by Crippen LogP contribution is 2.44. The summed E-state index contributed by atoms with van der Waals surface area (Å²) in [6, 6.07) is 8.38. The molecule has 0 unspecified atom stereocenters. The third kappa shape index (κ3) is 2.25. The van der Waals surface area contributed by atoms with Crippen LogP contribution in [0.4, 0.5) is 0 Å². The highest BCUT2D eigenvalue weighted by atomic mass is 16.5. The highest BCUT2D eigenvalue weighted by Gasteiger charge is 2.34. The molecule has 2 heterocycles. The molecule has 0 saturated carbocycles. The third-order valence-corrected chi connectivity index (χ3v) is 5.51. The van der Waals surface area contributed by atoms with Gasteiger partial charge >= 0.3 is 0 Å². The number of aromatic hydroxyl groups is 1. The molecular weight excluding hydrogens is 302 g/mol. The summed E-state index contributed by atoms with van der Waals surface area (Å²) in [6.07, 6.45) is 1.90. The van der Waals surface area contributed by atoms with Gasteiger partial charge in [-0.05, 0) is 60.2 Å². The number of rotatable bonds is 2.